The van der Waals surface area contributed by atoms with Crippen molar-refractivity contribution >= 4 is 22.6 Å². The van der Waals surface area contributed by atoms with E-state index in [4.69, 9.17) is 4.74 Å². The average Bonchev–Trinajstić information content (AvgIpc) is 2.58. The molecule has 0 spiro atoms. The van der Waals surface area contributed by atoms with Crippen LogP contribution < -0.4 is 15.6 Å². The third-order valence-corrected chi connectivity index (χ3v) is 3.46. The Morgan fingerprint density at radius 1 is 0.957 bits per heavy atom. The fourth-order valence-electron chi connectivity index (χ4n) is 2.24. The van der Waals surface area contributed by atoms with Crippen LogP contribution in [-0.4, -0.2) is 18.4 Å². The molecule has 0 radical (unpaired) electrons. The lowest BCUT2D eigenvalue weighted by atomic mass is 10.1. The fraction of sp³-hybridized carbons (Fsp3) is 0.333. The highest BCUT2D eigenvalue weighted by atomic mass is 16.5. The Bertz CT molecular complexity index is 665. The highest BCUT2D eigenvalue weighted by molar-refractivity contribution is 5.89. The first-order chi connectivity index (χ1) is 11.2. The van der Waals surface area contributed by atoms with E-state index >= 15 is 0 Å². The van der Waals surface area contributed by atoms with E-state index < -0.39 is 0 Å². The van der Waals surface area contributed by atoms with Crippen molar-refractivity contribution < 1.29 is 14.3 Å². The fourth-order valence-corrected chi connectivity index (χ4v) is 2.24. The van der Waals surface area contributed by atoms with Crippen molar-refractivity contribution in [2.75, 3.05) is 6.61 Å². The van der Waals surface area contributed by atoms with Gasteiger partial charge in [0, 0.05) is 11.8 Å². The van der Waals surface area contributed by atoms with Crippen LogP contribution in [0, 0.1) is 0 Å². The summed E-state index contributed by atoms with van der Waals surface area (Å²) in [6.07, 6.45) is 3.30. The first-order valence-electron chi connectivity index (χ1n) is 7.89. The quantitative estimate of drug-likeness (QED) is 0.610. The predicted molar refractivity (Wildman–Crippen MR) is 89.9 cm³/mol. The van der Waals surface area contributed by atoms with E-state index in [1.807, 2.05) is 42.5 Å². The van der Waals surface area contributed by atoms with Crippen molar-refractivity contribution in [2.45, 2.75) is 32.6 Å². The van der Waals surface area contributed by atoms with Gasteiger partial charge in [0.15, 0.2) is 6.61 Å². The number of carbonyl (C=O) groups excluding carboxylic acids is 2. The molecule has 23 heavy (non-hydrogen) atoms. The van der Waals surface area contributed by atoms with Crippen LogP contribution >= 0.6 is 0 Å². The van der Waals surface area contributed by atoms with Crippen LogP contribution in [-0.2, 0) is 9.59 Å². The molecule has 0 aliphatic heterocycles. The second-order valence-electron chi connectivity index (χ2n) is 5.32. The van der Waals surface area contributed by atoms with Gasteiger partial charge in [0.1, 0.15) is 5.75 Å². The maximum Gasteiger partial charge on any atom is 0.276 e. The van der Waals surface area contributed by atoms with E-state index in [0.29, 0.717) is 12.2 Å². The molecule has 0 atom stereocenters. The maximum atomic E-state index is 11.7. The van der Waals surface area contributed by atoms with E-state index in [2.05, 4.69) is 17.8 Å². The zero-order valence-electron chi connectivity index (χ0n) is 13.3. The van der Waals surface area contributed by atoms with Crippen LogP contribution in [0.4, 0.5) is 0 Å². The van der Waals surface area contributed by atoms with Gasteiger partial charge in [-0.3, -0.25) is 20.4 Å². The number of amides is 2. The maximum absolute atomic E-state index is 11.7. The molecule has 122 valence electrons. The number of rotatable bonds is 7. The van der Waals surface area contributed by atoms with Gasteiger partial charge >= 0.3 is 0 Å². The second-order valence-corrected chi connectivity index (χ2v) is 5.32. The van der Waals surface area contributed by atoms with Crippen molar-refractivity contribution in [3.63, 3.8) is 0 Å². The summed E-state index contributed by atoms with van der Waals surface area (Å²) in [6, 6.07) is 13.5. The molecular formula is C18H22N2O3. The molecule has 0 saturated carbocycles. The molecule has 5 nitrogen and oxygen atoms in total. The Hall–Kier alpha value is -2.56. The zero-order valence-corrected chi connectivity index (χ0v) is 13.3. The van der Waals surface area contributed by atoms with Gasteiger partial charge in [-0.15, -0.1) is 0 Å². The lowest BCUT2D eigenvalue weighted by molar-refractivity contribution is -0.130. The van der Waals surface area contributed by atoms with Crippen molar-refractivity contribution in [3.8, 4) is 5.75 Å². The van der Waals surface area contributed by atoms with E-state index in [0.717, 1.165) is 30.0 Å². The van der Waals surface area contributed by atoms with Crippen LogP contribution in [0.3, 0.4) is 0 Å². The van der Waals surface area contributed by atoms with Crippen LogP contribution in [0.15, 0.2) is 42.5 Å². The summed E-state index contributed by atoms with van der Waals surface area (Å²) in [7, 11) is 0. The number of ether oxygens (including phenoxy) is 1. The van der Waals surface area contributed by atoms with Gasteiger partial charge < -0.3 is 4.74 Å². The lowest BCUT2D eigenvalue weighted by Gasteiger charge is -2.10. The van der Waals surface area contributed by atoms with Crippen LogP contribution in [0.25, 0.3) is 10.8 Å². The largest absolute Gasteiger partial charge is 0.483 e. The zero-order chi connectivity index (χ0) is 16.5. The first kappa shape index (κ1) is 16.8. The number of nitrogens with one attached hydrogen (secondary N) is 2. The van der Waals surface area contributed by atoms with E-state index in [1.54, 1.807) is 0 Å². The van der Waals surface area contributed by atoms with Gasteiger partial charge in [0.2, 0.25) is 5.91 Å². The normalized spacial score (nSPS) is 10.3. The molecular weight excluding hydrogens is 292 g/mol. The molecule has 2 aromatic rings. The molecule has 0 saturated heterocycles. The van der Waals surface area contributed by atoms with Crippen LogP contribution in [0.2, 0.25) is 0 Å². The minimum Gasteiger partial charge on any atom is -0.483 e. The van der Waals surface area contributed by atoms with Crippen molar-refractivity contribution in [3.05, 3.63) is 42.5 Å². The number of hydrogen-bond acceptors (Lipinski definition) is 3. The number of unbranched alkanes of at least 4 members (excludes halogenated alkanes) is 2. The Morgan fingerprint density at radius 2 is 1.70 bits per heavy atom. The van der Waals surface area contributed by atoms with Gasteiger partial charge in [-0.1, -0.05) is 56.2 Å². The molecule has 0 fully saturated rings. The van der Waals surface area contributed by atoms with Gasteiger partial charge in [0.25, 0.3) is 5.91 Å². The van der Waals surface area contributed by atoms with Gasteiger partial charge in [-0.2, -0.15) is 0 Å². The molecule has 2 rings (SSSR count). The molecule has 5 heteroatoms. The molecule has 2 N–H and O–H groups in total. The Balaban J connectivity index is 1.79. The molecule has 0 unspecified atom stereocenters. The third-order valence-electron chi connectivity index (χ3n) is 3.46. The number of carbonyl (C=O) groups is 2. The monoisotopic (exact) mass is 314 g/mol. The minimum atomic E-state index is -0.387. The van der Waals surface area contributed by atoms with E-state index in [9.17, 15) is 9.59 Å². The first-order valence-corrected chi connectivity index (χ1v) is 7.89. The Kier molecular flexibility index (Phi) is 6.41. The van der Waals surface area contributed by atoms with Crippen LogP contribution in [0.1, 0.15) is 32.6 Å². The van der Waals surface area contributed by atoms with Gasteiger partial charge in [-0.25, -0.2) is 0 Å². The van der Waals surface area contributed by atoms with Crippen molar-refractivity contribution in [1.82, 2.24) is 10.9 Å². The summed E-state index contributed by atoms with van der Waals surface area (Å²) in [5.41, 5.74) is 4.76. The van der Waals surface area contributed by atoms with E-state index in [1.165, 1.54) is 0 Å². The number of benzene rings is 2. The topological polar surface area (TPSA) is 67.4 Å². The molecule has 0 bridgehead atoms. The Morgan fingerprint density at radius 3 is 2.52 bits per heavy atom. The average molecular weight is 314 g/mol. The molecule has 0 aliphatic carbocycles. The summed E-state index contributed by atoms with van der Waals surface area (Å²) in [6.45, 7) is 1.92. The Labute approximate surface area is 136 Å². The summed E-state index contributed by atoms with van der Waals surface area (Å²) >= 11 is 0. The predicted octanol–water partition coefficient (Wildman–Crippen LogP) is 2.95. The molecule has 0 aromatic heterocycles. The van der Waals surface area contributed by atoms with Gasteiger partial charge in [0.05, 0.1) is 0 Å². The standard InChI is InChI=1S/C18H22N2O3/c1-2-3-4-12-17(21)19-20-18(22)13-23-16-11-7-9-14-8-5-6-10-15(14)16/h5-11H,2-4,12-13H2,1H3,(H,19,21)(H,20,22). The van der Waals surface area contributed by atoms with Gasteiger partial charge in [-0.05, 0) is 17.9 Å². The molecule has 0 heterocycles. The molecule has 2 amide bonds. The van der Waals surface area contributed by atoms with Crippen LogP contribution in [0.5, 0.6) is 5.75 Å². The number of hydrogen-bond donors (Lipinski definition) is 2. The highest BCUT2D eigenvalue weighted by Gasteiger charge is 2.07. The number of hydrazine groups is 1. The highest BCUT2D eigenvalue weighted by Crippen LogP contribution is 2.24. The number of fused-ring (bicyclic) bond motifs is 1. The second kappa shape index (κ2) is 8.78. The summed E-state index contributed by atoms with van der Waals surface area (Å²) in [4.78, 5) is 23.2. The van der Waals surface area contributed by atoms with Crippen molar-refractivity contribution in [1.29, 1.82) is 0 Å². The summed E-state index contributed by atoms with van der Waals surface area (Å²) in [5, 5.41) is 2.00. The SMILES string of the molecule is CCCCCC(=O)NNC(=O)COc1cccc2ccccc12. The van der Waals surface area contributed by atoms with Crippen molar-refractivity contribution in [2.24, 2.45) is 0 Å². The minimum absolute atomic E-state index is 0.150. The third kappa shape index (κ3) is 5.29. The summed E-state index contributed by atoms with van der Waals surface area (Å²) < 4.78 is 5.55. The smallest absolute Gasteiger partial charge is 0.276 e. The lowest BCUT2D eigenvalue weighted by Crippen LogP contribution is -2.43. The molecule has 0 aliphatic rings. The molecule has 2 aromatic carbocycles. The summed E-state index contributed by atoms with van der Waals surface area (Å²) in [5.74, 6) is 0.0752. The van der Waals surface area contributed by atoms with E-state index in [-0.39, 0.29) is 18.4 Å².